The Labute approximate surface area is 175 Å². The molecule has 0 amide bonds. The minimum Gasteiger partial charge on any atom is -0.478 e. The molecule has 2 N–H and O–H groups in total. The minimum atomic E-state index is -0.235. The number of hydrogen-bond donors (Lipinski definition) is 1. The van der Waals surface area contributed by atoms with E-state index in [1.54, 1.807) is 24.7 Å². The molecule has 4 rings (SSSR count). The van der Waals surface area contributed by atoms with E-state index in [0.29, 0.717) is 24.1 Å². The number of pyridine rings is 4. The third-order valence-electron chi connectivity index (χ3n) is 4.55. The molecule has 0 bridgehead atoms. The van der Waals surface area contributed by atoms with Crippen molar-refractivity contribution in [1.82, 2.24) is 19.9 Å². The molecular weight excluding hydrogens is 376 g/mol. The summed E-state index contributed by atoms with van der Waals surface area (Å²) in [5, 5.41) is 0. The average Bonchev–Trinajstić information content (AvgIpc) is 2.79. The van der Waals surface area contributed by atoms with Crippen molar-refractivity contribution in [1.29, 1.82) is 0 Å². The van der Waals surface area contributed by atoms with Crippen LogP contribution in [0.25, 0.3) is 0 Å². The maximum Gasteiger partial charge on any atom is 0.213 e. The number of nitrogens with two attached hydrogens (primary N) is 1. The molecule has 4 aromatic heterocycles. The van der Waals surface area contributed by atoms with Crippen molar-refractivity contribution in [3.63, 3.8) is 0 Å². The molecule has 7 nitrogen and oxygen atoms in total. The molecule has 0 aliphatic rings. The van der Waals surface area contributed by atoms with Gasteiger partial charge in [-0.05, 0) is 48.4 Å². The van der Waals surface area contributed by atoms with Crippen LogP contribution in [0.2, 0.25) is 0 Å². The van der Waals surface area contributed by atoms with Gasteiger partial charge in [0.25, 0.3) is 0 Å². The molecule has 0 fully saturated rings. The van der Waals surface area contributed by atoms with Gasteiger partial charge in [-0.2, -0.15) is 0 Å². The maximum absolute atomic E-state index is 6.02. The Hall–Kier alpha value is -4.00. The largest absolute Gasteiger partial charge is 0.478 e. The fourth-order valence-electron chi connectivity index (χ4n) is 3.30. The van der Waals surface area contributed by atoms with Gasteiger partial charge in [0.2, 0.25) is 5.88 Å². The van der Waals surface area contributed by atoms with E-state index < -0.39 is 0 Å². The first kappa shape index (κ1) is 19.3. The molecule has 150 valence electrons. The summed E-state index contributed by atoms with van der Waals surface area (Å²) in [5.41, 5.74) is 8.84. The first-order chi connectivity index (χ1) is 14.8. The van der Waals surface area contributed by atoms with Crippen LogP contribution in [0, 0.1) is 0 Å². The molecule has 30 heavy (non-hydrogen) atoms. The van der Waals surface area contributed by atoms with E-state index in [-0.39, 0.29) is 6.04 Å². The summed E-state index contributed by atoms with van der Waals surface area (Å²) >= 11 is 0. The third-order valence-corrected chi connectivity index (χ3v) is 4.55. The Morgan fingerprint density at radius 3 is 2.17 bits per heavy atom. The Morgan fingerprint density at radius 2 is 1.63 bits per heavy atom. The van der Waals surface area contributed by atoms with Crippen molar-refractivity contribution in [2.45, 2.75) is 13.0 Å². The summed E-state index contributed by atoms with van der Waals surface area (Å²) in [6, 6.07) is 17.0. The molecule has 0 radical (unpaired) electrons. The molecule has 0 aliphatic heterocycles. The van der Waals surface area contributed by atoms with Crippen LogP contribution in [0.5, 0.6) is 5.88 Å². The number of nitrogen functional groups attached to an aromatic ring is 1. The predicted molar refractivity (Wildman–Crippen MR) is 117 cm³/mol. The summed E-state index contributed by atoms with van der Waals surface area (Å²) in [6.45, 7) is 2.49. The number of hydrogen-bond acceptors (Lipinski definition) is 7. The normalized spacial score (nSPS) is 10.7. The zero-order valence-electron chi connectivity index (χ0n) is 16.6. The van der Waals surface area contributed by atoms with Gasteiger partial charge >= 0.3 is 0 Å². The molecule has 0 aliphatic carbocycles. The summed E-state index contributed by atoms with van der Waals surface area (Å²) in [4.78, 5) is 19.8. The second-order valence-corrected chi connectivity index (χ2v) is 6.55. The van der Waals surface area contributed by atoms with Crippen LogP contribution in [0.3, 0.4) is 0 Å². The monoisotopic (exact) mass is 398 g/mol. The molecular formula is C23H22N6O. The van der Waals surface area contributed by atoms with Gasteiger partial charge in [-0.3, -0.25) is 9.97 Å². The van der Waals surface area contributed by atoms with Gasteiger partial charge in [0, 0.05) is 30.9 Å². The van der Waals surface area contributed by atoms with Crippen LogP contribution in [0.15, 0.2) is 85.6 Å². The highest BCUT2D eigenvalue weighted by atomic mass is 16.5. The zero-order valence-corrected chi connectivity index (χ0v) is 16.6. The lowest BCUT2D eigenvalue weighted by Crippen LogP contribution is -2.26. The van der Waals surface area contributed by atoms with E-state index in [4.69, 9.17) is 10.5 Å². The van der Waals surface area contributed by atoms with E-state index in [1.165, 1.54) is 0 Å². The fourth-order valence-corrected chi connectivity index (χ4v) is 3.30. The molecule has 0 saturated carbocycles. The highest BCUT2D eigenvalue weighted by Gasteiger charge is 2.26. The van der Waals surface area contributed by atoms with Crippen molar-refractivity contribution in [2.75, 3.05) is 17.2 Å². The highest BCUT2D eigenvalue weighted by molar-refractivity contribution is 5.64. The molecule has 4 aromatic rings. The van der Waals surface area contributed by atoms with Crippen LogP contribution < -0.4 is 15.4 Å². The van der Waals surface area contributed by atoms with Crippen molar-refractivity contribution in [3.05, 3.63) is 96.7 Å². The van der Waals surface area contributed by atoms with Crippen molar-refractivity contribution in [2.24, 2.45) is 0 Å². The van der Waals surface area contributed by atoms with Gasteiger partial charge in [0.15, 0.2) is 0 Å². The molecule has 0 aromatic carbocycles. The smallest absolute Gasteiger partial charge is 0.213 e. The quantitative estimate of drug-likeness (QED) is 0.499. The number of rotatable bonds is 7. The summed E-state index contributed by atoms with van der Waals surface area (Å²) in [5.74, 6) is 1.70. The second kappa shape index (κ2) is 9.00. The molecule has 0 unspecified atom stereocenters. The lowest BCUT2D eigenvalue weighted by atomic mass is 9.99. The third kappa shape index (κ3) is 4.20. The van der Waals surface area contributed by atoms with Crippen molar-refractivity contribution >= 4 is 17.3 Å². The van der Waals surface area contributed by atoms with Gasteiger partial charge in [-0.15, -0.1) is 0 Å². The lowest BCUT2D eigenvalue weighted by molar-refractivity contribution is 0.327. The van der Waals surface area contributed by atoms with Crippen LogP contribution in [0.4, 0.5) is 17.3 Å². The van der Waals surface area contributed by atoms with Crippen molar-refractivity contribution < 1.29 is 4.74 Å². The molecule has 0 saturated heterocycles. The van der Waals surface area contributed by atoms with E-state index in [1.807, 2.05) is 67.8 Å². The highest BCUT2D eigenvalue weighted by Crippen LogP contribution is 2.38. The lowest BCUT2D eigenvalue weighted by Gasteiger charge is -2.33. The first-order valence-corrected chi connectivity index (χ1v) is 9.66. The van der Waals surface area contributed by atoms with E-state index in [2.05, 4.69) is 24.8 Å². The minimum absolute atomic E-state index is 0.235. The topological polar surface area (TPSA) is 90.1 Å². The molecule has 7 heteroatoms. The van der Waals surface area contributed by atoms with Crippen LogP contribution in [-0.4, -0.2) is 26.5 Å². The van der Waals surface area contributed by atoms with Gasteiger partial charge < -0.3 is 15.4 Å². The molecule has 4 heterocycles. The summed E-state index contributed by atoms with van der Waals surface area (Å²) in [7, 11) is 0. The van der Waals surface area contributed by atoms with Crippen LogP contribution in [-0.2, 0) is 0 Å². The van der Waals surface area contributed by atoms with Crippen LogP contribution in [0.1, 0.15) is 24.1 Å². The number of aromatic nitrogens is 4. The molecule has 0 spiro atoms. The van der Waals surface area contributed by atoms with E-state index in [9.17, 15) is 0 Å². The average molecular weight is 398 g/mol. The number of anilines is 3. The van der Waals surface area contributed by atoms with Gasteiger partial charge in [0.05, 0.1) is 24.5 Å². The summed E-state index contributed by atoms with van der Waals surface area (Å²) in [6.07, 6.45) is 8.98. The Balaban J connectivity index is 1.89. The first-order valence-electron chi connectivity index (χ1n) is 9.66. The maximum atomic E-state index is 6.02. The standard InChI is InChI=1S/C23H22N6O/c1-2-30-22-11-10-19(16-27-22)29(21-9-3-8-20(24)28-21)23(17-6-4-12-25-14-17)18-7-5-13-26-15-18/h3-16,23H,2H2,1H3,(H2,24,28). The number of nitrogens with zero attached hydrogens (tertiary/aromatic N) is 5. The summed E-state index contributed by atoms with van der Waals surface area (Å²) < 4.78 is 5.51. The fraction of sp³-hybridized carbons (Fsp3) is 0.130. The Kier molecular flexibility index (Phi) is 5.80. The van der Waals surface area contributed by atoms with E-state index in [0.717, 1.165) is 16.8 Å². The second-order valence-electron chi connectivity index (χ2n) is 6.55. The van der Waals surface area contributed by atoms with Crippen LogP contribution >= 0.6 is 0 Å². The van der Waals surface area contributed by atoms with Gasteiger partial charge in [-0.1, -0.05) is 18.2 Å². The van der Waals surface area contributed by atoms with E-state index >= 15 is 0 Å². The zero-order chi connectivity index (χ0) is 20.8. The number of ether oxygens (including phenoxy) is 1. The Bertz CT molecular complexity index is 1030. The van der Waals surface area contributed by atoms with Gasteiger partial charge in [0.1, 0.15) is 11.6 Å². The molecule has 0 atom stereocenters. The Morgan fingerprint density at radius 1 is 0.900 bits per heavy atom. The van der Waals surface area contributed by atoms with Gasteiger partial charge in [-0.25, -0.2) is 9.97 Å². The predicted octanol–water partition coefficient (Wildman–Crippen LogP) is 4.18. The SMILES string of the molecule is CCOc1ccc(N(c2cccc(N)n2)C(c2cccnc2)c2cccnc2)cn1. The van der Waals surface area contributed by atoms with Crippen molar-refractivity contribution in [3.8, 4) is 5.88 Å².